The third kappa shape index (κ3) is 0.949. The first-order chi connectivity index (χ1) is 6.45. The van der Waals surface area contributed by atoms with Crippen molar-refractivity contribution in [1.82, 2.24) is 4.57 Å². The summed E-state index contributed by atoms with van der Waals surface area (Å²) in [5, 5.41) is 4.75. The molecule has 13 heavy (non-hydrogen) atoms. The smallest absolute Gasteiger partial charge is 0.106 e. The van der Waals surface area contributed by atoms with Gasteiger partial charge in [-0.3, -0.25) is 0 Å². The zero-order valence-corrected chi connectivity index (χ0v) is 7.46. The molecule has 2 aromatic rings. The van der Waals surface area contributed by atoms with Crippen molar-refractivity contribution in [2.45, 2.75) is 13.0 Å². The number of fused-ring (bicyclic) bond motifs is 3. The van der Waals surface area contributed by atoms with Gasteiger partial charge in [-0.2, -0.15) is 0 Å². The number of para-hydroxylation sites is 1. The summed E-state index contributed by atoms with van der Waals surface area (Å²) in [6, 6.07) is 10.8. The van der Waals surface area contributed by atoms with Crippen molar-refractivity contribution >= 4 is 16.7 Å². The van der Waals surface area contributed by atoms with Crippen LogP contribution in [-0.2, 0) is 6.54 Å². The van der Waals surface area contributed by atoms with E-state index in [0.29, 0.717) is 0 Å². The van der Waals surface area contributed by atoms with E-state index < -0.39 is 0 Å². The van der Waals surface area contributed by atoms with E-state index in [1.54, 1.807) is 0 Å². The second kappa shape index (κ2) is 2.52. The van der Waals surface area contributed by atoms with Gasteiger partial charge in [-0.15, -0.1) is 0 Å². The minimum absolute atomic E-state index is 1.11. The van der Waals surface area contributed by atoms with Crippen molar-refractivity contribution in [2.24, 2.45) is 0 Å². The topological polar surface area (TPSA) is 17.0 Å². The van der Waals surface area contributed by atoms with Crippen molar-refractivity contribution < 1.29 is 0 Å². The Kier molecular flexibility index (Phi) is 1.36. The predicted octanol–water partition coefficient (Wildman–Crippen LogP) is 2.46. The molecule has 1 aromatic carbocycles. The molecular weight excluding hydrogens is 160 g/mol. The number of nitrogens with zero attached hydrogens (tertiary/aromatic N) is 1. The molecule has 1 aliphatic heterocycles. The van der Waals surface area contributed by atoms with Crippen LogP contribution in [0.15, 0.2) is 30.3 Å². The number of aryl methyl sites for hydroxylation is 1. The van der Waals surface area contributed by atoms with E-state index in [2.05, 4.69) is 40.2 Å². The molecule has 3 rings (SSSR count). The fourth-order valence-electron chi connectivity index (χ4n) is 2.05. The fourth-order valence-corrected chi connectivity index (χ4v) is 2.05. The maximum Gasteiger partial charge on any atom is 0.106 e. The molecule has 0 amide bonds. The van der Waals surface area contributed by atoms with E-state index in [9.17, 15) is 0 Å². The zero-order chi connectivity index (χ0) is 8.67. The van der Waals surface area contributed by atoms with Crippen molar-refractivity contribution in [3.05, 3.63) is 30.3 Å². The van der Waals surface area contributed by atoms with Gasteiger partial charge in [-0.05, 0) is 18.6 Å². The highest BCUT2D eigenvalue weighted by Gasteiger charge is 2.10. The van der Waals surface area contributed by atoms with Gasteiger partial charge in [-0.1, -0.05) is 18.2 Å². The quantitative estimate of drug-likeness (QED) is 0.646. The molecule has 1 aromatic heterocycles. The number of hydrogen-bond acceptors (Lipinski definition) is 1. The highest BCUT2D eigenvalue weighted by molar-refractivity contribution is 5.85. The molecule has 1 aliphatic rings. The molecule has 1 N–H and O–H groups in total. The van der Waals surface area contributed by atoms with Crippen molar-refractivity contribution in [3.8, 4) is 0 Å². The van der Waals surface area contributed by atoms with Crippen molar-refractivity contribution in [3.63, 3.8) is 0 Å². The molecule has 2 heterocycles. The molecule has 0 saturated heterocycles. The van der Waals surface area contributed by atoms with Gasteiger partial charge < -0.3 is 9.88 Å². The van der Waals surface area contributed by atoms with Gasteiger partial charge in [0.25, 0.3) is 0 Å². The number of anilines is 1. The third-order valence-electron chi connectivity index (χ3n) is 2.68. The first kappa shape index (κ1) is 7.01. The fraction of sp³-hybridized carbons (Fsp3) is 0.273. The monoisotopic (exact) mass is 172 g/mol. The van der Waals surface area contributed by atoms with E-state index in [1.807, 2.05) is 0 Å². The maximum atomic E-state index is 3.42. The first-order valence-corrected chi connectivity index (χ1v) is 4.77. The van der Waals surface area contributed by atoms with Gasteiger partial charge in [0.2, 0.25) is 0 Å². The zero-order valence-electron chi connectivity index (χ0n) is 7.46. The predicted molar refractivity (Wildman–Crippen MR) is 55.0 cm³/mol. The van der Waals surface area contributed by atoms with Crippen molar-refractivity contribution in [2.75, 3.05) is 11.9 Å². The number of benzene rings is 1. The molecule has 2 heteroatoms. The summed E-state index contributed by atoms with van der Waals surface area (Å²) in [5.41, 5.74) is 1.35. The number of hydrogen-bond donors (Lipinski definition) is 1. The minimum atomic E-state index is 1.11. The van der Waals surface area contributed by atoms with Gasteiger partial charge >= 0.3 is 0 Å². The van der Waals surface area contributed by atoms with Crippen LogP contribution in [0.5, 0.6) is 0 Å². The molecule has 0 saturated carbocycles. The van der Waals surface area contributed by atoms with E-state index in [-0.39, 0.29) is 0 Å². The summed E-state index contributed by atoms with van der Waals surface area (Å²) in [4.78, 5) is 0. The maximum absolute atomic E-state index is 3.42. The number of nitrogens with one attached hydrogen (secondary N) is 1. The lowest BCUT2D eigenvalue weighted by Gasteiger charge is -2.17. The van der Waals surface area contributed by atoms with Crippen LogP contribution in [0, 0.1) is 0 Å². The van der Waals surface area contributed by atoms with Crippen LogP contribution < -0.4 is 5.32 Å². The van der Waals surface area contributed by atoms with Gasteiger partial charge in [0.1, 0.15) is 5.82 Å². The van der Waals surface area contributed by atoms with Gasteiger partial charge in [0.15, 0.2) is 0 Å². The Morgan fingerprint density at radius 2 is 2.15 bits per heavy atom. The average Bonchev–Trinajstić information content (AvgIpc) is 2.56. The van der Waals surface area contributed by atoms with Crippen LogP contribution in [0.1, 0.15) is 6.42 Å². The Morgan fingerprint density at radius 1 is 1.23 bits per heavy atom. The Morgan fingerprint density at radius 3 is 3.15 bits per heavy atom. The average molecular weight is 172 g/mol. The lowest BCUT2D eigenvalue weighted by atomic mass is 10.2. The van der Waals surface area contributed by atoms with Gasteiger partial charge in [0, 0.05) is 24.0 Å². The van der Waals surface area contributed by atoms with Crippen LogP contribution in [0.2, 0.25) is 0 Å². The van der Waals surface area contributed by atoms with Crippen molar-refractivity contribution in [1.29, 1.82) is 0 Å². The Bertz CT molecular complexity index is 442. The highest BCUT2D eigenvalue weighted by Crippen LogP contribution is 2.25. The second-order valence-electron chi connectivity index (χ2n) is 3.52. The van der Waals surface area contributed by atoms with E-state index >= 15 is 0 Å². The van der Waals surface area contributed by atoms with Crippen LogP contribution in [-0.4, -0.2) is 11.1 Å². The molecule has 66 valence electrons. The van der Waals surface area contributed by atoms with Crippen LogP contribution >= 0.6 is 0 Å². The second-order valence-corrected chi connectivity index (χ2v) is 3.52. The molecule has 0 radical (unpaired) electrons. The van der Waals surface area contributed by atoms with E-state index in [1.165, 1.54) is 23.1 Å². The largest absolute Gasteiger partial charge is 0.371 e. The third-order valence-corrected chi connectivity index (χ3v) is 2.68. The standard InChI is InChI=1S/C11H12N2/c1-2-5-10-9(4-1)8-11-12-6-3-7-13(10)11/h1-2,4-5,8,12H,3,6-7H2. The van der Waals surface area contributed by atoms with Crippen LogP contribution in [0.25, 0.3) is 10.9 Å². The molecule has 0 unspecified atom stereocenters. The molecule has 0 bridgehead atoms. The highest BCUT2D eigenvalue weighted by atomic mass is 15.1. The lowest BCUT2D eigenvalue weighted by Crippen LogP contribution is -2.16. The van der Waals surface area contributed by atoms with E-state index in [4.69, 9.17) is 0 Å². The molecule has 0 fully saturated rings. The summed E-state index contributed by atoms with van der Waals surface area (Å²) < 4.78 is 2.36. The summed E-state index contributed by atoms with van der Waals surface area (Å²) >= 11 is 0. The number of rotatable bonds is 0. The number of aromatic nitrogens is 1. The first-order valence-electron chi connectivity index (χ1n) is 4.77. The van der Waals surface area contributed by atoms with Gasteiger partial charge in [-0.25, -0.2) is 0 Å². The molecule has 0 aliphatic carbocycles. The molecule has 2 nitrogen and oxygen atoms in total. The summed E-state index contributed by atoms with van der Waals surface area (Å²) in [6.45, 7) is 2.26. The summed E-state index contributed by atoms with van der Waals surface area (Å²) in [5.74, 6) is 1.27. The van der Waals surface area contributed by atoms with Gasteiger partial charge in [0.05, 0.1) is 0 Å². The Labute approximate surface area is 77.2 Å². The molecular formula is C11H12N2. The minimum Gasteiger partial charge on any atom is -0.371 e. The SMILES string of the molecule is c1ccc2c(c1)cc1n2CCCN1. The molecule has 0 spiro atoms. The summed E-state index contributed by atoms with van der Waals surface area (Å²) in [7, 11) is 0. The Hall–Kier alpha value is -1.44. The molecule has 0 atom stereocenters. The van der Waals surface area contributed by atoms with Crippen LogP contribution in [0.3, 0.4) is 0 Å². The summed E-state index contributed by atoms with van der Waals surface area (Å²) in [6.07, 6.45) is 1.23. The Balaban J connectivity index is 2.34. The lowest BCUT2D eigenvalue weighted by molar-refractivity contribution is 0.649. The normalized spacial score (nSPS) is 15.4. The van der Waals surface area contributed by atoms with Crippen LogP contribution in [0.4, 0.5) is 5.82 Å². The van der Waals surface area contributed by atoms with E-state index in [0.717, 1.165) is 13.1 Å².